The van der Waals surface area contributed by atoms with Gasteiger partial charge < -0.3 is 19.6 Å². The Hall–Kier alpha value is -2.63. The molecule has 0 atom stereocenters. The lowest BCUT2D eigenvalue weighted by atomic mass is 9.87. The molecule has 152 valence electrons. The highest BCUT2D eigenvalue weighted by Crippen LogP contribution is 2.26. The Morgan fingerprint density at radius 3 is 2.62 bits per heavy atom. The van der Waals surface area contributed by atoms with E-state index >= 15 is 0 Å². The monoisotopic (exact) mass is 393 g/mol. The van der Waals surface area contributed by atoms with E-state index in [9.17, 15) is 9.90 Å². The first-order valence-electron chi connectivity index (χ1n) is 10.3. The molecule has 1 aliphatic heterocycles. The third kappa shape index (κ3) is 4.86. The van der Waals surface area contributed by atoms with E-state index < -0.39 is 5.60 Å². The van der Waals surface area contributed by atoms with Gasteiger partial charge in [-0.25, -0.2) is 0 Å². The summed E-state index contributed by atoms with van der Waals surface area (Å²) < 4.78 is 11.8. The van der Waals surface area contributed by atoms with Crippen LogP contribution in [0.4, 0.5) is 0 Å². The Bertz CT molecular complexity index is 1010. The zero-order valence-corrected chi connectivity index (χ0v) is 16.5. The molecule has 5 heteroatoms. The van der Waals surface area contributed by atoms with Crippen LogP contribution in [-0.4, -0.2) is 30.4 Å². The highest BCUT2D eigenvalue weighted by atomic mass is 16.5. The third-order valence-electron chi connectivity index (χ3n) is 5.60. The first kappa shape index (κ1) is 19.7. The number of hydrogen-bond donors (Lipinski definition) is 2. The van der Waals surface area contributed by atoms with Crippen LogP contribution in [0.5, 0.6) is 5.75 Å². The second kappa shape index (κ2) is 8.80. The predicted molar refractivity (Wildman–Crippen MR) is 114 cm³/mol. The number of ether oxygens (including phenoxy) is 1. The fraction of sp³-hybridized carbons (Fsp3) is 0.375. The van der Waals surface area contributed by atoms with Gasteiger partial charge in [0.25, 0.3) is 0 Å². The molecule has 4 rings (SSSR count). The summed E-state index contributed by atoms with van der Waals surface area (Å²) in [6, 6.07) is 16.5. The molecule has 0 spiro atoms. The largest absolute Gasteiger partial charge is 0.493 e. The van der Waals surface area contributed by atoms with E-state index in [0.717, 1.165) is 50.8 Å². The van der Waals surface area contributed by atoms with Crippen molar-refractivity contribution in [1.82, 2.24) is 5.32 Å². The van der Waals surface area contributed by atoms with Crippen molar-refractivity contribution in [1.29, 1.82) is 0 Å². The topological polar surface area (TPSA) is 71.7 Å². The molecule has 2 aromatic carbocycles. The van der Waals surface area contributed by atoms with Gasteiger partial charge in [-0.15, -0.1) is 0 Å². The summed E-state index contributed by atoms with van der Waals surface area (Å²) in [5, 5.41) is 14.4. The Balaban J connectivity index is 1.38. The Kier molecular flexibility index (Phi) is 5.97. The van der Waals surface area contributed by atoms with Crippen LogP contribution in [0.2, 0.25) is 0 Å². The maximum absolute atomic E-state index is 12.4. The van der Waals surface area contributed by atoms with Crippen molar-refractivity contribution in [3.8, 4) is 17.1 Å². The van der Waals surface area contributed by atoms with Crippen LogP contribution in [0.15, 0.2) is 63.8 Å². The number of benzene rings is 2. The molecule has 29 heavy (non-hydrogen) atoms. The predicted octanol–water partition coefficient (Wildman–Crippen LogP) is 4.12. The van der Waals surface area contributed by atoms with Gasteiger partial charge in [0.15, 0.2) is 5.43 Å². The number of rotatable bonds is 7. The summed E-state index contributed by atoms with van der Waals surface area (Å²) in [6.07, 6.45) is 4.26. The fourth-order valence-corrected chi connectivity index (χ4v) is 3.86. The Morgan fingerprint density at radius 1 is 1.03 bits per heavy atom. The second-order valence-corrected chi connectivity index (χ2v) is 7.78. The van der Waals surface area contributed by atoms with Gasteiger partial charge in [0.1, 0.15) is 17.1 Å². The third-order valence-corrected chi connectivity index (χ3v) is 5.60. The highest BCUT2D eigenvalue weighted by molar-refractivity contribution is 5.80. The van der Waals surface area contributed by atoms with Gasteiger partial charge in [-0.1, -0.05) is 30.3 Å². The molecule has 0 saturated carbocycles. The minimum atomic E-state index is -0.522. The molecule has 0 unspecified atom stereocenters. The highest BCUT2D eigenvalue weighted by Gasteiger charge is 2.28. The van der Waals surface area contributed by atoms with Crippen molar-refractivity contribution in [2.24, 2.45) is 0 Å². The second-order valence-electron chi connectivity index (χ2n) is 7.78. The van der Waals surface area contributed by atoms with Crippen molar-refractivity contribution >= 4 is 11.0 Å². The molecular weight excluding hydrogens is 366 g/mol. The van der Waals surface area contributed by atoms with Crippen molar-refractivity contribution in [2.75, 3.05) is 19.7 Å². The molecule has 0 aliphatic carbocycles. The zero-order valence-electron chi connectivity index (χ0n) is 16.5. The molecular formula is C24H27NO4. The van der Waals surface area contributed by atoms with Crippen molar-refractivity contribution < 1.29 is 14.3 Å². The lowest BCUT2D eigenvalue weighted by molar-refractivity contribution is -0.000217. The van der Waals surface area contributed by atoms with E-state index in [4.69, 9.17) is 9.15 Å². The summed E-state index contributed by atoms with van der Waals surface area (Å²) in [6.45, 7) is 2.35. The summed E-state index contributed by atoms with van der Waals surface area (Å²) in [5.74, 6) is 1.24. The van der Waals surface area contributed by atoms with Crippen LogP contribution >= 0.6 is 0 Å². The fourth-order valence-electron chi connectivity index (χ4n) is 3.86. The number of hydrogen-bond acceptors (Lipinski definition) is 5. The average Bonchev–Trinajstić information content (AvgIpc) is 2.74. The molecule has 3 aromatic rings. The molecule has 1 aliphatic rings. The normalized spacial score (nSPS) is 16.0. The van der Waals surface area contributed by atoms with Gasteiger partial charge >= 0.3 is 0 Å². The van der Waals surface area contributed by atoms with Gasteiger partial charge in [0.2, 0.25) is 0 Å². The summed E-state index contributed by atoms with van der Waals surface area (Å²) in [5.41, 5.74) is 0.809. The molecule has 2 N–H and O–H groups in total. The van der Waals surface area contributed by atoms with E-state index in [2.05, 4.69) is 5.32 Å². The van der Waals surface area contributed by atoms with E-state index in [-0.39, 0.29) is 5.43 Å². The van der Waals surface area contributed by atoms with Crippen molar-refractivity contribution in [3.63, 3.8) is 0 Å². The molecule has 1 saturated heterocycles. The molecule has 0 amide bonds. The van der Waals surface area contributed by atoms with E-state index in [1.807, 2.05) is 36.4 Å². The number of aliphatic hydroxyl groups is 1. The molecule has 2 heterocycles. The van der Waals surface area contributed by atoms with Gasteiger partial charge in [0.05, 0.1) is 17.6 Å². The smallest absolute Gasteiger partial charge is 0.193 e. The lowest BCUT2D eigenvalue weighted by Gasteiger charge is -2.32. The molecule has 1 aromatic heterocycles. The van der Waals surface area contributed by atoms with Gasteiger partial charge in [-0.3, -0.25) is 4.79 Å². The molecule has 0 radical (unpaired) electrons. The summed E-state index contributed by atoms with van der Waals surface area (Å²) in [7, 11) is 0. The van der Waals surface area contributed by atoms with E-state index in [1.54, 1.807) is 12.1 Å². The average molecular weight is 393 g/mol. The summed E-state index contributed by atoms with van der Waals surface area (Å²) >= 11 is 0. The lowest BCUT2D eigenvalue weighted by Crippen LogP contribution is -2.41. The first-order chi connectivity index (χ1) is 14.1. The molecule has 1 fully saturated rings. The van der Waals surface area contributed by atoms with Crippen molar-refractivity contribution in [3.05, 3.63) is 64.8 Å². The molecule has 0 bridgehead atoms. The zero-order chi connectivity index (χ0) is 20.1. The van der Waals surface area contributed by atoms with Crippen LogP contribution in [-0.2, 0) is 0 Å². The van der Waals surface area contributed by atoms with Crippen LogP contribution < -0.4 is 15.5 Å². The van der Waals surface area contributed by atoms with Gasteiger partial charge in [-0.05, 0) is 57.3 Å². The van der Waals surface area contributed by atoms with Crippen LogP contribution in [0.3, 0.4) is 0 Å². The summed E-state index contributed by atoms with van der Waals surface area (Å²) in [4.78, 5) is 12.4. The standard InChI is InChI=1S/C24H27NO4/c26-21-17-22(18-6-2-1-3-7-18)29-23-16-19(8-9-20(21)23)28-15-5-4-10-24(27)11-13-25-14-12-24/h1-3,6-9,16-17,25,27H,4-5,10-15H2. The van der Waals surface area contributed by atoms with Crippen molar-refractivity contribution in [2.45, 2.75) is 37.7 Å². The van der Waals surface area contributed by atoms with E-state index in [0.29, 0.717) is 29.1 Å². The Labute approximate surface area is 170 Å². The molecule has 5 nitrogen and oxygen atoms in total. The van der Waals surface area contributed by atoms with E-state index in [1.165, 1.54) is 6.07 Å². The SMILES string of the molecule is O=c1cc(-c2ccccc2)oc2cc(OCCCCC3(O)CCNCC3)ccc12. The number of fused-ring (bicyclic) bond motifs is 1. The Morgan fingerprint density at radius 2 is 1.83 bits per heavy atom. The number of nitrogens with one attached hydrogen (secondary N) is 1. The minimum absolute atomic E-state index is 0.0631. The minimum Gasteiger partial charge on any atom is -0.493 e. The quantitative estimate of drug-likeness (QED) is 0.591. The van der Waals surface area contributed by atoms with Gasteiger partial charge in [-0.2, -0.15) is 0 Å². The van der Waals surface area contributed by atoms with Crippen LogP contribution in [0, 0.1) is 0 Å². The van der Waals surface area contributed by atoms with Crippen LogP contribution in [0.25, 0.3) is 22.3 Å². The van der Waals surface area contributed by atoms with Gasteiger partial charge in [0, 0.05) is 17.7 Å². The number of piperidine rings is 1. The number of unbranched alkanes of at least 4 members (excludes halogenated alkanes) is 1. The first-order valence-corrected chi connectivity index (χ1v) is 10.3. The maximum atomic E-state index is 12.4. The maximum Gasteiger partial charge on any atom is 0.193 e. The van der Waals surface area contributed by atoms with Crippen LogP contribution in [0.1, 0.15) is 32.1 Å².